The largest absolute Gasteiger partial charge is 0.327 e. The number of halogens is 2. The minimum Gasteiger partial charge on any atom is -0.327 e. The zero-order chi connectivity index (χ0) is 8.97. The Labute approximate surface area is 75.6 Å². The highest BCUT2D eigenvalue weighted by molar-refractivity contribution is 6.32. The lowest BCUT2D eigenvalue weighted by atomic mass is 10.2. The molecule has 1 aromatic carbocycles. The van der Waals surface area contributed by atoms with Crippen LogP contribution in [0.5, 0.6) is 0 Å². The Balaban J connectivity index is 2.94. The zero-order valence-corrected chi connectivity index (χ0v) is 7.18. The van der Waals surface area contributed by atoms with Crippen molar-refractivity contribution in [2.75, 3.05) is 6.54 Å². The van der Waals surface area contributed by atoms with Crippen LogP contribution in [-0.2, 0) is 0 Å². The van der Waals surface area contributed by atoms with Crippen LogP contribution in [0.2, 0.25) is 5.02 Å². The molecule has 0 radical (unpaired) electrons. The molecule has 0 aromatic heterocycles. The quantitative estimate of drug-likeness (QED) is 0.753. The average molecular weight is 186 g/mol. The van der Waals surface area contributed by atoms with E-state index in [4.69, 9.17) is 17.3 Å². The van der Waals surface area contributed by atoms with Crippen molar-refractivity contribution in [1.29, 1.82) is 0 Å². The first-order chi connectivity index (χ1) is 5.74. The van der Waals surface area contributed by atoms with E-state index in [-0.39, 0.29) is 5.82 Å². The van der Waals surface area contributed by atoms with Crippen LogP contribution in [0.3, 0.4) is 0 Å². The summed E-state index contributed by atoms with van der Waals surface area (Å²) in [4.78, 5) is 0. The lowest BCUT2D eigenvalue weighted by Crippen LogP contribution is -1.92. The van der Waals surface area contributed by atoms with Crippen LogP contribution >= 0.6 is 11.6 Å². The highest BCUT2D eigenvalue weighted by Gasteiger charge is 1.96. The fraction of sp³-hybridized carbons (Fsp3) is 0.111. The van der Waals surface area contributed by atoms with Crippen molar-refractivity contribution in [2.24, 2.45) is 5.73 Å². The van der Waals surface area contributed by atoms with E-state index in [1.165, 1.54) is 12.1 Å². The lowest BCUT2D eigenvalue weighted by Gasteiger charge is -1.96. The van der Waals surface area contributed by atoms with Crippen molar-refractivity contribution in [2.45, 2.75) is 0 Å². The Morgan fingerprint density at radius 3 is 2.83 bits per heavy atom. The van der Waals surface area contributed by atoms with E-state index in [2.05, 4.69) is 0 Å². The van der Waals surface area contributed by atoms with E-state index >= 15 is 0 Å². The molecule has 2 N–H and O–H groups in total. The van der Waals surface area contributed by atoms with Gasteiger partial charge in [-0.15, -0.1) is 0 Å². The SMILES string of the molecule is NC/C=C/c1ccc(F)cc1Cl. The van der Waals surface area contributed by atoms with Gasteiger partial charge in [-0.25, -0.2) is 4.39 Å². The minimum atomic E-state index is -0.329. The molecule has 0 heterocycles. The van der Waals surface area contributed by atoms with Crippen LogP contribution in [0.4, 0.5) is 4.39 Å². The first-order valence-electron chi connectivity index (χ1n) is 3.55. The second-order valence-corrected chi connectivity index (χ2v) is 2.71. The molecule has 12 heavy (non-hydrogen) atoms. The summed E-state index contributed by atoms with van der Waals surface area (Å²) in [5.74, 6) is -0.329. The molecule has 0 saturated carbocycles. The van der Waals surface area contributed by atoms with Gasteiger partial charge < -0.3 is 5.73 Å². The van der Waals surface area contributed by atoms with E-state index in [0.29, 0.717) is 11.6 Å². The van der Waals surface area contributed by atoms with Crippen molar-refractivity contribution in [3.8, 4) is 0 Å². The fourth-order valence-corrected chi connectivity index (χ4v) is 1.06. The Morgan fingerprint density at radius 2 is 2.25 bits per heavy atom. The van der Waals surface area contributed by atoms with Crippen LogP contribution < -0.4 is 5.73 Å². The summed E-state index contributed by atoms with van der Waals surface area (Å²) in [6.07, 6.45) is 3.53. The number of nitrogens with two attached hydrogens (primary N) is 1. The van der Waals surface area contributed by atoms with Gasteiger partial charge in [-0.3, -0.25) is 0 Å². The molecule has 0 bridgehead atoms. The highest BCUT2D eigenvalue weighted by atomic mass is 35.5. The van der Waals surface area contributed by atoms with Crippen LogP contribution in [-0.4, -0.2) is 6.54 Å². The molecule has 64 valence electrons. The van der Waals surface area contributed by atoms with E-state index in [9.17, 15) is 4.39 Å². The second kappa shape index (κ2) is 4.24. The number of rotatable bonds is 2. The smallest absolute Gasteiger partial charge is 0.124 e. The molecule has 0 fully saturated rings. The Kier molecular flexibility index (Phi) is 3.26. The molecule has 0 saturated heterocycles. The first-order valence-corrected chi connectivity index (χ1v) is 3.93. The van der Waals surface area contributed by atoms with Crippen molar-refractivity contribution in [3.63, 3.8) is 0 Å². The van der Waals surface area contributed by atoms with Gasteiger partial charge in [0, 0.05) is 6.54 Å². The number of benzene rings is 1. The maximum absolute atomic E-state index is 12.5. The summed E-state index contributed by atoms with van der Waals surface area (Å²) in [7, 11) is 0. The molecule has 1 aromatic rings. The predicted molar refractivity (Wildman–Crippen MR) is 49.5 cm³/mol. The molecule has 0 unspecified atom stereocenters. The van der Waals surface area contributed by atoms with Gasteiger partial charge in [-0.05, 0) is 17.7 Å². The van der Waals surface area contributed by atoms with Crippen molar-refractivity contribution >= 4 is 17.7 Å². The molecule has 3 heteroatoms. The summed E-state index contributed by atoms with van der Waals surface area (Å²) in [6, 6.07) is 4.25. The molecule has 1 rings (SSSR count). The topological polar surface area (TPSA) is 26.0 Å². The van der Waals surface area contributed by atoms with Crippen molar-refractivity contribution in [1.82, 2.24) is 0 Å². The first kappa shape index (κ1) is 9.23. The fourth-order valence-electron chi connectivity index (χ4n) is 0.832. The third kappa shape index (κ3) is 2.32. The maximum Gasteiger partial charge on any atom is 0.124 e. The Morgan fingerprint density at radius 1 is 1.50 bits per heavy atom. The molecule has 0 atom stereocenters. The van der Waals surface area contributed by atoms with Gasteiger partial charge in [-0.2, -0.15) is 0 Å². The van der Waals surface area contributed by atoms with Crippen LogP contribution in [0.1, 0.15) is 5.56 Å². The molecule has 0 amide bonds. The van der Waals surface area contributed by atoms with Crippen LogP contribution in [0, 0.1) is 5.82 Å². The van der Waals surface area contributed by atoms with E-state index in [1.54, 1.807) is 18.2 Å². The summed E-state index contributed by atoms with van der Waals surface area (Å²) in [5, 5.41) is 0.403. The molecule has 1 nitrogen and oxygen atoms in total. The summed E-state index contributed by atoms with van der Waals surface area (Å²) >= 11 is 5.73. The minimum absolute atomic E-state index is 0.329. The van der Waals surface area contributed by atoms with Gasteiger partial charge in [0.2, 0.25) is 0 Å². The summed E-state index contributed by atoms with van der Waals surface area (Å²) < 4.78 is 12.5. The zero-order valence-electron chi connectivity index (χ0n) is 6.43. The number of hydrogen-bond acceptors (Lipinski definition) is 1. The van der Waals surface area contributed by atoms with Gasteiger partial charge in [0.25, 0.3) is 0 Å². The predicted octanol–water partition coefficient (Wildman–Crippen LogP) is 2.45. The van der Waals surface area contributed by atoms with E-state index < -0.39 is 0 Å². The Hall–Kier alpha value is -0.860. The standard InChI is InChI=1S/C9H9ClFN/c10-9-6-8(11)4-3-7(9)2-1-5-12/h1-4,6H,5,12H2/b2-1+. The van der Waals surface area contributed by atoms with Gasteiger partial charge in [0.05, 0.1) is 5.02 Å². The van der Waals surface area contributed by atoms with Gasteiger partial charge in [0.15, 0.2) is 0 Å². The molecule has 0 aliphatic carbocycles. The Bertz CT molecular complexity index is 297. The van der Waals surface area contributed by atoms with E-state index in [0.717, 1.165) is 5.56 Å². The molecular weight excluding hydrogens is 177 g/mol. The average Bonchev–Trinajstić information content (AvgIpc) is 2.03. The van der Waals surface area contributed by atoms with Crippen molar-refractivity contribution in [3.05, 3.63) is 40.7 Å². The highest BCUT2D eigenvalue weighted by Crippen LogP contribution is 2.18. The molecule has 0 aliphatic heterocycles. The normalized spacial score (nSPS) is 10.9. The lowest BCUT2D eigenvalue weighted by molar-refractivity contribution is 0.628. The third-order valence-corrected chi connectivity index (χ3v) is 1.72. The third-order valence-electron chi connectivity index (χ3n) is 1.40. The van der Waals surface area contributed by atoms with E-state index in [1.807, 2.05) is 0 Å². The van der Waals surface area contributed by atoms with Crippen LogP contribution in [0.25, 0.3) is 6.08 Å². The molecule has 0 aliphatic rings. The molecule has 0 spiro atoms. The summed E-state index contributed by atoms with van der Waals surface area (Å²) in [6.45, 7) is 0.452. The van der Waals surface area contributed by atoms with Gasteiger partial charge in [0.1, 0.15) is 5.82 Å². The monoisotopic (exact) mass is 185 g/mol. The van der Waals surface area contributed by atoms with Gasteiger partial charge in [-0.1, -0.05) is 29.8 Å². The van der Waals surface area contributed by atoms with Gasteiger partial charge >= 0.3 is 0 Å². The second-order valence-electron chi connectivity index (χ2n) is 2.30. The molecular formula is C9H9ClFN. The maximum atomic E-state index is 12.5. The summed E-state index contributed by atoms with van der Waals surface area (Å²) in [5.41, 5.74) is 6.03. The number of hydrogen-bond donors (Lipinski definition) is 1. The van der Waals surface area contributed by atoms with Crippen LogP contribution in [0.15, 0.2) is 24.3 Å². The van der Waals surface area contributed by atoms with Crippen molar-refractivity contribution < 1.29 is 4.39 Å².